The molecule has 0 aliphatic heterocycles. The minimum atomic E-state index is -0.456. The fourth-order valence-corrected chi connectivity index (χ4v) is 1.72. The van der Waals surface area contributed by atoms with Crippen LogP contribution in [0.2, 0.25) is 0 Å². The Kier molecular flexibility index (Phi) is 5.56. The molecule has 0 aliphatic carbocycles. The molecule has 1 N–H and O–H groups in total. The zero-order chi connectivity index (χ0) is 12.8. The van der Waals surface area contributed by atoms with Gasteiger partial charge in [0, 0.05) is 11.6 Å². The lowest BCUT2D eigenvalue weighted by atomic mass is 10.1. The quantitative estimate of drug-likeness (QED) is 0.803. The van der Waals surface area contributed by atoms with Crippen LogP contribution < -0.4 is 5.32 Å². The van der Waals surface area contributed by atoms with E-state index in [-0.39, 0.29) is 11.6 Å². The molecule has 1 aromatic rings. The summed E-state index contributed by atoms with van der Waals surface area (Å²) in [5.74, 6) is -0.273. The van der Waals surface area contributed by atoms with Crippen molar-refractivity contribution in [2.24, 2.45) is 5.92 Å². The minimum absolute atomic E-state index is 0.0835. The van der Waals surface area contributed by atoms with Crippen LogP contribution in [0.5, 0.6) is 0 Å². The number of nitrogens with one attached hydrogen (secondary N) is 1. The first-order valence-electron chi connectivity index (χ1n) is 6.17. The summed E-state index contributed by atoms with van der Waals surface area (Å²) in [4.78, 5) is 0. The molecule has 17 heavy (non-hydrogen) atoms. The molecule has 0 aliphatic rings. The van der Waals surface area contributed by atoms with Gasteiger partial charge in [0.1, 0.15) is 11.6 Å². The maximum atomic E-state index is 13.4. The van der Waals surface area contributed by atoms with Gasteiger partial charge in [0.15, 0.2) is 0 Å². The predicted molar refractivity (Wildman–Crippen MR) is 67.0 cm³/mol. The van der Waals surface area contributed by atoms with Crippen molar-refractivity contribution in [2.75, 3.05) is 6.54 Å². The first-order chi connectivity index (χ1) is 8.00. The second-order valence-corrected chi connectivity index (χ2v) is 4.94. The van der Waals surface area contributed by atoms with E-state index in [0.717, 1.165) is 13.0 Å². The van der Waals surface area contributed by atoms with Crippen molar-refractivity contribution in [3.8, 4) is 0 Å². The van der Waals surface area contributed by atoms with Crippen LogP contribution in [0, 0.1) is 17.6 Å². The molecule has 3 heteroatoms. The molecule has 0 saturated heterocycles. The lowest BCUT2D eigenvalue weighted by molar-refractivity contribution is 0.468. The Bertz CT molecular complexity index is 330. The third-order valence-electron chi connectivity index (χ3n) is 2.79. The standard InChI is InChI=1S/C14H21F2N/c1-10(2)7-8-17-11(3)9-12-13(15)5-4-6-14(12)16/h4-6,10-11,17H,7-9H2,1-3H3. The largest absolute Gasteiger partial charge is 0.314 e. The molecule has 0 radical (unpaired) electrons. The average Bonchev–Trinajstić information content (AvgIpc) is 2.23. The predicted octanol–water partition coefficient (Wildman–Crippen LogP) is 3.53. The zero-order valence-corrected chi connectivity index (χ0v) is 10.8. The SMILES string of the molecule is CC(C)CCNC(C)Cc1c(F)cccc1F. The molecule has 1 unspecified atom stereocenters. The van der Waals surface area contributed by atoms with Crippen molar-refractivity contribution in [3.05, 3.63) is 35.4 Å². The van der Waals surface area contributed by atoms with Gasteiger partial charge in [-0.05, 0) is 44.4 Å². The van der Waals surface area contributed by atoms with Crippen molar-refractivity contribution in [1.29, 1.82) is 0 Å². The molecule has 0 fully saturated rings. The van der Waals surface area contributed by atoms with Gasteiger partial charge >= 0.3 is 0 Å². The maximum Gasteiger partial charge on any atom is 0.129 e. The second-order valence-electron chi connectivity index (χ2n) is 4.94. The molecule has 1 nitrogen and oxygen atoms in total. The molecule has 0 heterocycles. The van der Waals surface area contributed by atoms with E-state index in [9.17, 15) is 8.78 Å². The number of rotatable bonds is 6. The summed E-state index contributed by atoms with van der Waals surface area (Å²) in [6.45, 7) is 7.15. The second kappa shape index (κ2) is 6.70. The Morgan fingerprint density at radius 2 is 1.71 bits per heavy atom. The summed E-state index contributed by atoms with van der Waals surface area (Å²) in [5, 5.41) is 3.28. The molecule has 1 aromatic carbocycles. The molecule has 0 bridgehead atoms. The highest BCUT2D eigenvalue weighted by molar-refractivity contribution is 5.20. The number of halogens is 2. The van der Waals surface area contributed by atoms with E-state index < -0.39 is 11.6 Å². The van der Waals surface area contributed by atoms with Crippen molar-refractivity contribution in [3.63, 3.8) is 0 Å². The lowest BCUT2D eigenvalue weighted by Gasteiger charge is -2.15. The van der Waals surface area contributed by atoms with E-state index in [4.69, 9.17) is 0 Å². The third kappa shape index (κ3) is 4.82. The van der Waals surface area contributed by atoms with Crippen LogP contribution in [0.1, 0.15) is 32.8 Å². The first-order valence-corrected chi connectivity index (χ1v) is 6.17. The third-order valence-corrected chi connectivity index (χ3v) is 2.79. The fraction of sp³-hybridized carbons (Fsp3) is 0.571. The topological polar surface area (TPSA) is 12.0 Å². The van der Waals surface area contributed by atoms with E-state index >= 15 is 0 Å². The Morgan fingerprint density at radius 1 is 1.12 bits per heavy atom. The summed E-state index contributed by atoms with van der Waals surface area (Å²) in [6.07, 6.45) is 1.46. The van der Waals surface area contributed by atoms with Gasteiger partial charge in [0.25, 0.3) is 0 Å². The van der Waals surface area contributed by atoms with Gasteiger partial charge in [0.2, 0.25) is 0 Å². The Morgan fingerprint density at radius 3 is 2.24 bits per heavy atom. The smallest absolute Gasteiger partial charge is 0.129 e. The van der Waals surface area contributed by atoms with E-state index in [2.05, 4.69) is 19.2 Å². The van der Waals surface area contributed by atoms with Crippen LogP contribution in [-0.2, 0) is 6.42 Å². The van der Waals surface area contributed by atoms with Crippen molar-refractivity contribution < 1.29 is 8.78 Å². The average molecular weight is 241 g/mol. The van der Waals surface area contributed by atoms with Gasteiger partial charge in [-0.25, -0.2) is 8.78 Å². The Hall–Kier alpha value is -0.960. The van der Waals surface area contributed by atoms with Crippen molar-refractivity contribution in [1.82, 2.24) is 5.32 Å². The highest BCUT2D eigenvalue weighted by atomic mass is 19.1. The highest BCUT2D eigenvalue weighted by Crippen LogP contribution is 2.14. The minimum Gasteiger partial charge on any atom is -0.314 e. The fourth-order valence-electron chi connectivity index (χ4n) is 1.72. The summed E-state index contributed by atoms with van der Waals surface area (Å²) in [6, 6.07) is 4.09. The van der Waals surface area contributed by atoms with Crippen molar-refractivity contribution >= 4 is 0 Å². The molecular weight excluding hydrogens is 220 g/mol. The van der Waals surface area contributed by atoms with E-state index in [1.807, 2.05) is 6.92 Å². The molecule has 1 atom stereocenters. The molecule has 1 rings (SSSR count). The molecular formula is C14H21F2N. The highest BCUT2D eigenvalue weighted by Gasteiger charge is 2.11. The normalized spacial score (nSPS) is 13.1. The van der Waals surface area contributed by atoms with Gasteiger partial charge in [-0.2, -0.15) is 0 Å². The van der Waals surface area contributed by atoms with E-state index in [0.29, 0.717) is 12.3 Å². The lowest BCUT2D eigenvalue weighted by Crippen LogP contribution is -2.30. The maximum absolute atomic E-state index is 13.4. The molecule has 0 amide bonds. The zero-order valence-electron chi connectivity index (χ0n) is 10.8. The number of hydrogen-bond donors (Lipinski definition) is 1. The number of benzene rings is 1. The van der Waals surface area contributed by atoms with Crippen LogP contribution >= 0.6 is 0 Å². The Labute approximate surface area is 102 Å². The summed E-state index contributed by atoms with van der Waals surface area (Å²) >= 11 is 0. The summed E-state index contributed by atoms with van der Waals surface area (Å²) in [7, 11) is 0. The summed E-state index contributed by atoms with van der Waals surface area (Å²) < 4.78 is 26.8. The van der Waals surface area contributed by atoms with Crippen molar-refractivity contribution in [2.45, 2.75) is 39.7 Å². The van der Waals surface area contributed by atoms with E-state index in [1.165, 1.54) is 18.2 Å². The molecule has 0 saturated carbocycles. The Balaban J connectivity index is 2.47. The molecule has 96 valence electrons. The van der Waals surface area contributed by atoms with E-state index in [1.54, 1.807) is 0 Å². The van der Waals surface area contributed by atoms with Crippen LogP contribution in [0.25, 0.3) is 0 Å². The van der Waals surface area contributed by atoms with Gasteiger partial charge in [-0.15, -0.1) is 0 Å². The first kappa shape index (κ1) is 14.1. The van der Waals surface area contributed by atoms with Gasteiger partial charge in [0.05, 0.1) is 0 Å². The van der Waals surface area contributed by atoms with Crippen LogP contribution in [0.3, 0.4) is 0 Å². The van der Waals surface area contributed by atoms with Crippen LogP contribution in [0.4, 0.5) is 8.78 Å². The van der Waals surface area contributed by atoms with Gasteiger partial charge < -0.3 is 5.32 Å². The van der Waals surface area contributed by atoms with Gasteiger partial charge in [-0.3, -0.25) is 0 Å². The summed E-state index contributed by atoms with van der Waals surface area (Å²) in [5.41, 5.74) is 0.178. The van der Waals surface area contributed by atoms with Crippen LogP contribution in [0.15, 0.2) is 18.2 Å². The molecule has 0 spiro atoms. The number of hydrogen-bond acceptors (Lipinski definition) is 1. The monoisotopic (exact) mass is 241 g/mol. The molecule has 0 aromatic heterocycles. The van der Waals surface area contributed by atoms with Gasteiger partial charge in [-0.1, -0.05) is 19.9 Å². The van der Waals surface area contributed by atoms with Crippen LogP contribution in [-0.4, -0.2) is 12.6 Å².